The molecule has 0 fully saturated rings. The van der Waals surface area contributed by atoms with Gasteiger partial charge in [-0.3, -0.25) is 14.2 Å². The van der Waals surface area contributed by atoms with Gasteiger partial charge in [-0.05, 0) is 49.2 Å². The number of methoxy groups -OCH3 is 2. The Morgan fingerprint density at radius 1 is 1.06 bits per heavy atom. The molecule has 0 spiro atoms. The molecule has 2 aromatic rings. The number of rotatable bonds is 10. The van der Waals surface area contributed by atoms with E-state index < -0.39 is 12.8 Å². The molecule has 0 aromatic heterocycles. The summed E-state index contributed by atoms with van der Waals surface area (Å²) in [7, 11) is -0.197. The largest absolute Gasteiger partial charge is 0.493 e. The first-order chi connectivity index (χ1) is 15.8. The lowest BCUT2D eigenvalue weighted by Gasteiger charge is -2.25. The van der Waals surface area contributed by atoms with E-state index in [2.05, 4.69) is 5.32 Å². The summed E-state index contributed by atoms with van der Waals surface area (Å²) >= 11 is 1.27. The number of hydrogen-bond donors (Lipinski definition) is 1. The molecule has 1 N–H and O–H groups in total. The smallest absolute Gasteiger partial charge is 0.335 e. The number of nitrogens with one attached hydrogen (secondary N) is 1. The minimum absolute atomic E-state index is 0.0580. The van der Waals surface area contributed by atoms with Crippen molar-refractivity contribution in [1.82, 2.24) is 0 Å². The van der Waals surface area contributed by atoms with Crippen LogP contribution in [0.4, 0.5) is 5.69 Å². The molecule has 0 aliphatic carbocycles. The monoisotopic (exact) mass is 493 g/mol. The summed E-state index contributed by atoms with van der Waals surface area (Å²) in [6.45, 7) is 4.13. The molecular weight excluding hydrogens is 465 g/mol. The first kappa shape index (κ1) is 25.3. The van der Waals surface area contributed by atoms with Crippen molar-refractivity contribution in [2.24, 2.45) is 0 Å². The lowest BCUT2D eigenvalue weighted by Crippen LogP contribution is -2.26. The van der Waals surface area contributed by atoms with Crippen molar-refractivity contribution in [1.29, 1.82) is 0 Å². The van der Waals surface area contributed by atoms with Gasteiger partial charge in [-0.25, -0.2) is 0 Å². The Morgan fingerprint density at radius 2 is 1.67 bits per heavy atom. The Balaban J connectivity index is 1.76. The van der Waals surface area contributed by atoms with Crippen LogP contribution in [-0.4, -0.2) is 44.9 Å². The molecule has 33 heavy (non-hydrogen) atoms. The zero-order valence-electron chi connectivity index (χ0n) is 19.1. The molecule has 8 nitrogen and oxygen atoms in total. The van der Waals surface area contributed by atoms with Gasteiger partial charge in [-0.15, -0.1) is 11.8 Å². The van der Waals surface area contributed by atoms with Crippen molar-refractivity contribution in [2.75, 3.05) is 38.5 Å². The van der Waals surface area contributed by atoms with E-state index in [4.69, 9.17) is 18.5 Å². The third-order valence-corrected chi connectivity index (χ3v) is 8.29. The number of carbonyl (C=O) groups is 2. The molecular formula is C23H28NO7PS. The second-order valence-corrected chi connectivity index (χ2v) is 10.3. The van der Waals surface area contributed by atoms with Crippen LogP contribution < -0.4 is 14.8 Å². The van der Waals surface area contributed by atoms with Crippen molar-refractivity contribution in [2.45, 2.75) is 25.3 Å². The van der Waals surface area contributed by atoms with E-state index in [1.165, 1.54) is 26.0 Å². The molecule has 1 unspecified atom stereocenters. The SMILES string of the molecule is CCOP(=O)(Cc1ccc(NC(=O)C2SCC(=O)c3cc(OC)c(OC)cc32)cc1)OCC. The van der Waals surface area contributed by atoms with Gasteiger partial charge < -0.3 is 23.8 Å². The molecule has 178 valence electrons. The molecule has 1 amide bonds. The molecule has 1 atom stereocenters. The molecule has 0 radical (unpaired) electrons. The number of carbonyl (C=O) groups excluding carboxylic acids is 2. The number of hydrogen-bond acceptors (Lipinski definition) is 8. The van der Waals surface area contributed by atoms with Crippen LogP contribution in [0.2, 0.25) is 0 Å². The highest BCUT2D eigenvalue weighted by atomic mass is 32.2. The van der Waals surface area contributed by atoms with Crippen LogP contribution in [0.1, 0.15) is 40.6 Å². The number of anilines is 1. The van der Waals surface area contributed by atoms with Crippen LogP contribution in [0.25, 0.3) is 0 Å². The highest BCUT2D eigenvalue weighted by molar-refractivity contribution is 8.01. The topological polar surface area (TPSA) is 100 Å². The Hall–Kier alpha value is -2.32. The number of ether oxygens (including phenoxy) is 2. The van der Waals surface area contributed by atoms with E-state index in [9.17, 15) is 14.2 Å². The molecule has 0 saturated heterocycles. The summed E-state index contributed by atoms with van der Waals surface area (Å²) < 4.78 is 34.1. The first-order valence-corrected chi connectivity index (χ1v) is 13.3. The van der Waals surface area contributed by atoms with Gasteiger partial charge in [0.25, 0.3) is 0 Å². The maximum Gasteiger partial charge on any atom is 0.335 e. The van der Waals surface area contributed by atoms with E-state index in [-0.39, 0.29) is 23.6 Å². The summed E-state index contributed by atoms with van der Waals surface area (Å²) in [5.41, 5.74) is 2.42. The van der Waals surface area contributed by atoms with Crippen molar-refractivity contribution in [3.8, 4) is 11.5 Å². The average molecular weight is 494 g/mol. The quantitative estimate of drug-likeness (QED) is 0.458. The molecule has 0 bridgehead atoms. The minimum Gasteiger partial charge on any atom is -0.493 e. The van der Waals surface area contributed by atoms with E-state index in [0.29, 0.717) is 41.5 Å². The highest BCUT2D eigenvalue weighted by Crippen LogP contribution is 2.51. The van der Waals surface area contributed by atoms with Crippen LogP contribution >= 0.6 is 19.4 Å². The fourth-order valence-corrected chi connectivity index (χ4v) is 6.30. The highest BCUT2D eigenvalue weighted by Gasteiger charge is 2.33. The number of benzene rings is 2. The van der Waals surface area contributed by atoms with E-state index in [0.717, 1.165) is 5.56 Å². The summed E-state index contributed by atoms with van der Waals surface area (Å²) in [5.74, 6) is 0.800. The Bertz CT molecular complexity index is 1050. The van der Waals surface area contributed by atoms with Gasteiger partial charge in [0.1, 0.15) is 5.25 Å². The van der Waals surface area contributed by atoms with E-state index in [1.54, 1.807) is 50.2 Å². The lowest BCUT2D eigenvalue weighted by atomic mass is 9.99. The predicted octanol–water partition coefficient (Wildman–Crippen LogP) is 5.08. The third kappa shape index (κ3) is 5.98. The number of Topliss-reactive ketones (excluding diaryl/α,β-unsaturated/α-hetero) is 1. The maximum atomic E-state index is 13.1. The lowest BCUT2D eigenvalue weighted by molar-refractivity contribution is -0.115. The summed E-state index contributed by atoms with van der Waals surface area (Å²) in [4.78, 5) is 25.5. The van der Waals surface area contributed by atoms with Crippen molar-refractivity contribution in [3.05, 3.63) is 53.1 Å². The van der Waals surface area contributed by atoms with Gasteiger partial charge >= 0.3 is 7.60 Å². The minimum atomic E-state index is -3.21. The van der Waals surface area contributed by atoms with E-state index >= 15 is 0 Å². The van der Waals surface area contributed by atoms with Gasteiger partial charge in [0.05, 0.1) is 39.3 Å². The van der Waals surface area contributed by atoms with Crippen LogP contribution in [0.5, 0.6) is 11.5 Å². The molecule has 2 aromatic carbocycles. The fraction of sp³-hybridized carbons (Fsp3) is 0.391. The fourth-order valence-electron chi connectivity index (χ4n) is 3.54. The Labute approximate surface area is 197 Å². The molecule has 1 aliphatic heterocycles. The second kappa shape index (κ2) is 11.2. The van der Waals surface area contributed by atoms with Crippen molar-refractivity contribution >= 4 is 36.7 Å². The van der Waals surface area contributed by atoms with Crippen LogP contribution in [0.3, 0.4) is 0 Å². The van der Waals surface area contributed by atoms with Crippen molar-refractivity contribution < 1.29 is 32.7 Å². The number of thioether (sulfide) groups is 1. The standard InChI is InChI=1S/C23H28NO7PS/c1-5-30-32(27,31-6-2)13-15-7-9-16(10-8-15)24-23(26)22-18-12-21(29-4)20(28-3)11-17(18)19(25)14-33-22/h7-12,22H,5-6,13-14H2,1-4H3,(H,24,26). The number of ketones is 1. The summed E-state index contributed by atoms with van der Waals surface area (Å²) in [5, 5.41) is 2.32. The number of amides is 1. The second-order valence-electron chi connectivity index (χ2n) is 7.20. The van der Waals surface area contributed by atoms with Gasteiger partial charge in [0, 0.05) is 11.3 Å². The van der Waals surface area contributed by atoms with E-state index in [1.807, 2.05) is 0 Å². The number of fused-ring (bicyclic) bond motifs is 1. The molecule has 3 rings (SSSR count). The van der Waals surface area contributed by atoms with Crippen LogP contribution in [0, 0.1) is 0 Å². The average Bonchev–Trinajstić information content (AvgIpc) is 2.80. The molecule has 10 heteroatoms. The van der Waals surface area contributed by atoms with Gasteiger partial charge in [0.2, 0.25) is 5.91 Å². The van der Waals surface area contributed by atoms with Crippen molar-refractivity contribution in [3.63, 3.8) is 0 Å². The maximum absolute atomic E-state index is 13.1. The van der Waals surface area contributed by atoms with Gasteiger partial charge in [-0.2, -0.15) is 0 Å². The summed E-state index contributed by atoms with van der Waals surface area (Å²) in [6.07, 6.45) is 0.151. The van der Waals surface area contributed by atoms with Gasteiger partial charge in [0.15, 0.2) is 17.3 Å². The molecule has 1 heterocycles. The summed E-state index contributed by atoms with van der Waals surface area (Å²) in [6, 6.07) is 10.3. The normalized spacial score (nSPS) is 15.6. The van der Waals surface area contributed by atoms with Crippen LogP contribution in [-0.2, 0) is 24.6 Å². The van der Waals surface area contributed by atoms with Gasteiger partial charge in [-0.1, -0.05) is 12.1 Å². The first-order valence-electron chi connectivity index (χ1n) is 10.5. The Kier molecular flexibility index (Phi) is 8.59. The van der Waals surface area contributed by atoms with Crippen LogP contribution in [0.15, 0.2) is 36.4 Å². The molecule has 0 saturated carbocycles. The zero-order valence-corrected chi connectivity index (χ0v) is 20.8. The predicted molar refractivity (Wildman–Crippen MR) is 129 cm³/mol. The zero-order chi connectivity index (χ0) is 24.0. The Morgan fingerprint density at radius 3 is 2.24 bits per heavy atom. The third-order valence-electron chi connectivity index (χ3n) is 5.01. The molecule has 1 aliphatic rings.